The minimum atomic E-state index is -0.153. The molecule has 1 aliphatic carbocycles. The van der Waals surface area contributed by atoms with Crippen LogP contribution in [0.2, 0.25) is 0 Å². The monoisotopic (exact) mass is 152 g/mol. The molecule has 62 valence electrons. The summed E-state index contributed by atoms with van der Waals surface area (Å²) in [6.45, 7) is 7.82. The van der Waals surface area contributed by atoms with Gasteiger partial charge in [-0.15, -0.1) is 6.58 Å². The van der Waals surface area contributed by atoms with E-state index in [4.69, 9.17) is 0 Å². The van der Waals surface area contributed by atoms with E-state index in [1.54, 1.807) is 0 Å². The number of hydrogen-bond acceptors (Lipinski definition) is 1. The Labute approximate surface area is 68.5 Å². The molecule has 1 heteroatoms. The highest BCUT2D eigenvalue weighted by atomic mass is 16.1. The summed E-state index contributed by atoms with van der Waals surface area (Å²) in [5.41, 5.74) is -0.153. The Balaban J connectivity index is 2.80. The third kappa shape index (κ3) is 1.37. The number of carbonyl (C=O) groups excluding carboxylic acids is 1. The SMILES string of the molecule is C=CC1CCCC(=O)C1(C)C. The molecule has 1 aliphatic rings. The van der Waals surface area contributed by atoms with Gasteiger partial charge in [0.25, 0.3) is 0 Å². The maximum Gasteiger partial charge on any atom is 0.139 e. The lowest BCUT2D eigenvalue weighted by Crippen LogP contribution is -2.35. The summed E-state index contributed by atoms with van der Waals surface area (Å²) < 4.78 is 0. The van der Waals surface area contributed by atoms with Crippen molar-refractivity contribution in [2.24, 2.45) is 11.3 Å². The first-order valence-corrected chi connectivity index (χ1v) is 4.25. The van der Waals surface area contributed by atoms with Gasteiger partial charge in [0.1, 0.15) is 5.78 Å². The summed E-state index contributed by atoms with van der Waals surface area (Å²) in [5, 5.41) is 0. The first-order chi connectivity index (χ1) is 5.09. The highest BCUT2D eigenvalue weighted by Gasteiger charge is 2.37. The van der Waals surface area contributed by atoms with Gasteiger partial charge in [-0.25, -0.2) is 0 Å². The number of allylic oxidation sites excluding steroid dienone is 1. The van der Waals surface area contributed by atoms with Crippen LogP contribution in [0.5, 0.6) is 0 Å². The average molecular weight is 152 g/mol. The van der Waals surface area contributed by atoms with Gasteiger partial charge in [-0.3, -0.25) is 4.79 Å². The molecule has 11 heavy (non-hydrogen) atoms. The van der Waals surface area contributed by atoms with Crippen LogP contribution in [0.3, 0.4) is 0 Å². The molecule has 0 heterocycles. The van der Waals surface area contributed by atoms with Crippen molar-refractivity contribution in [3.63, 3.8) is 0 Å². The van der Waals surface area contributed by atoms with Gasteiger partial charge in [-0.1, -0.05) is 19.9 Å². The molecule has 1 nitrogen and oxygen atoms in total. The van der Waals surface area contributed by atoms with Gasteiger partial charge in [0.15, 0.2) is 0 Å². The van der Waals surface area contributed by atoms with E-state index in [1.165, 1.54) is 0 Å². The molecule has 0 aliphatic heterocycles. The second-order valence-electron chi connectivity index (χ2n) is 3.88. The van der Waals surface area contributed by atoms with Crippen molar-refractivity contribution in [1.82, 2.24) is 0 Å². The highest BCUT2D eigenvalue weighted by Crippen LogP contribution is 2.38. The standard InChI is InChI=1S/C10H16O/c1-4-8-6-5-7-9(11)10(8,2)3/h4,8H,1,5-7H2,2-3H3. The van der Waals surface area contributed by atoms with Crippen molar-refractivity contribution in [3.05, 3.63) is 12.7 Å². The van der Waals surface area contributed by atoms with E-state index < -0.39 is 0 Å². The highest BCUT2D eigenvalue weighted by molar-refractivity contribution is 5.85. The van der Waals surface area contributed by atoms with E-state index in [1.807, 2.05) is 19.9 Å². The number of Topliss-reactive ketones (excluding diaryl/α,β-unsaturated/α-hetero) is 1. The Morgan fingerprint density at radius 2 is 2.27 bits per heavy atom. The third-order valence-electron chi connectivity index (χ3n) is 2.85. The summed E-state index contributed by atoms with van der Waals surface area (Å²) in [5.74, 6) is 0.789. The molecule has 0 radical (unpaired) electrons. The first kappa shape index (κ1) is 8.51. The maximum atomic E-state index is 11.4. The van der Waals surface area contributed by atoms with Crippen LogP contribution in [0, 0.1) is 11.3 Å². The largest absolute Gasteiger partial charge is 0.299 e. The van der Waals surface area contributed by atoms with Gasteiger partial charge in [-0.05, 0) is 18.8 Å². The summed E-state index contributed by atoms with van der Waals surface area (Å²) in [4.78, 5) is 11.4. The molecule has 0 aromatic heterocycles. The summed E-state index contributed by atoms with van der Waals surface area (Å²) in [6, 6.07) is 0. The second-order valence-corrected chi connectivity index (χ2v) is 3.88. The van der Waals surface area contributed by atoms with Crippen molar-refractivity contribution in [2.75, 3.05) is 0 Å². The van der Waals surface area contributed by atoms with Gasteiger partial charge in [-0.2, -0.15) is 0 Å². The molecule has 1 atom stereocenters. The van der Waals surface area contributed by atoms with Gasteiger partial charge in [0, 0.05) is 11.8 Å². The Kier molecular flexibility index (Phi) is 2.17. The smallest absolute Gasteiger partial charge is 0.139 e. The van der Waals surface area contributed by atoms with Crippen LogP contribution < -0.4 is 0 Å². The Hall–Kier alpha value is -0.590. The molecule has 1 fully saturated rings. The maximum absolute atomic E-state index is 11.4. The molecular formula is C10H16O. The zero-order chi connectivity index (χ0) is 8.48. The lowest BCUT2D eigenvalue weighted by Gasteiger charge is -2.35. The zero-order valence-corrected chi connectivity index (χ0v) is 7.39. The fourth-order valence-corrected chi connectivity index (χ4v) is 1.78. The van der Waals surface area contributed by atoms with E-state index in [2.05, 4.69) is 6.58 Å². The van der Waals surface area contributed by atoms with Gasteiger partial charge >= 0.3 is 0 Å². The minimum absolute atomic E-state index is 0.153. The lowest BCUT2D eigenvalue weighted by atomic mass is 9.68. The van der Waals surface area contributed by atoms with E-state index >= 15 is 0 Å². The lowest BCUT2D eigenvalue weighted by molar-refractivity contribution is -0.131. The van der Waals surface area contributed by atoms with Crippen molar-refractivity contribution < 1.29 is 4.79 Å². The quantitative estimate of drug-likeness (QED) is 0.528. The van der Waals surface area contributed by atoms with Crippen LogP contribution in [-0.2, 0) is 4.79 Å². The predicted molar refractivity (Wildman–Crippen MR) is 46.3 cm³/mol. The normalized spacial score (nSPS) is 30.0. The first-order valence-electron chi connectivity index (χ1n) is 4.25. The molecule has 1 unspecified atom stereocenters. The van der Waals surface area contributed by atoms with Crippen molar-refractivity contribution in [2.45, 2.75) is 33.1 Å². The van der Waals surface area contributed by atoms with Crippen molar-refractivity contribution in [1.29, 1.82) is 0 Å². The number of carbonyl (C=O) groups is 1. The van der Waals surface area contributed by atoms with E-state index in [-0.39, 0.29) is 5.41 Å². The molecule has 0 amide bonds. The molecule has 0 spiro atoms. The molecule has 0 saturated heterocycles. The average Bonchev–Trinajstić information content (AvgIpc) is 1.95. The van der Waals surface area contributed by atoms with Crippen LogP contribution in [0.1, 0.15) is 33.1 Å². The molecule has 1 saturated carbocycles. The fraction of sp³-hybridized carbons (Fsp3) is 0.700. The predicted octanol–water partition coefficient (Wildman–Crippen LogP) is 2.57. The second kappa shape index (κ2) is 2.80. The number of hydrogen-bond donors (Lipinski definition) is 0. The molecule has 1 rings (SSSR count). The zero-order valence-electron chi connectivity index (χ0n) is 7.39. The Morgan fingerprint density at radius 1 is 1.64 bits per heavy atom. The van der Waals surface area contributed by atoms with E-state index in [9.17, 15) is 4.79 Å². The molecule has 0 aromatic rings. The van der Waals surface area contributed by atoms with Crippen LogP contribution in [0.4, 0.5) is 0 Å². The van der Waals surface area contributed by atoms with E-state index in [0.29, 0.717) is 11.7 Å². The summed E-state index contributed by atoms with van der Waals surface area (Å²) in [7, 11) is 0. The summed E-state index contributed by atoms with van der Waals surface area (Å²) >= 11 is 0. The molecule has 0 aromatic carbocycles. The fourth-order valence-electron chi connectivity index (χ4n) is 1.78. The van der Waals surface area contributed by atoms with Crippen molar-refractivity contribution >= 4 is 5.78 Å². The van der Waals surface area contributed by atoms with Crippen LogP contribution in [-0.4, -0.2) is 5.78 Å². The van der Waals surface area contributed by atoms with Crippen LogP contribution >= 0.6 is 0 Å². The Bertz CT molecular complexity index is 179. The van der Waals surface area contributed by atoms with Crippen LogP contribution in [0.25, 0.3) is 0 Å². The van der Waals surface area contributed by atoms with E-state index in [0.717, 1.165) is 19.3 Å². The number of rotatable bonds is 1. The Morgan fingerprint density at radius 3 is 2.73 bits per heavy atom. The van der Waals surface area contributed by atoms with Gasteiger partial charge in [0.05, 0.1) is 0 Å². The molecule has 0 bridgehead atoms. The van der Waals surface area contributed by atoms with Crippen LogP contribution in [0.15, 0.2) is 12.7 Å². The minimum Gasteiger partial charge on any atom is -0.299 e. The number of ketones is 1. The molecule has 0 N–H and O–H groups in total. The van der Waals surface area contributed by atoms with Gasteiger partial charge < -0.3 is 0 Å². The third-order valence-corrected chi connectivity index (χ3v) is 2.85. The topological polar surface area (TPSA) is 17.1 Å². The molecular weight excluding hydrogens is 136 g/mol. The summed E-state index contributed by atoms with van der Waals surface area (Å²) in [6.07, 6.45) is 4.86. The van der Waals surface area contributed by atoms with Gasteiger partial charge in [0.2, 0.25) is 0 Å². The van der Waals surface area contributed by atoms with Crippen molar-refractivity contribution in [3.8, 4) is 0 Å².